The largest absolute Gasteiger partial charge is 0.382 e. The van der Waals surface area contributed by atoms with Crippen molar-refractivity contribution in [3.05, 3.63) is 12.4 Å². The van der Waals surface area contributed by atoms with Gasteiger partial charge < -0.3 is 19.5 Å². The summed E-state index contributed by atoms with van der Waals surface area (Å²) >= 11 is 0. The Morgan fingerprint density at radius 2 is 2.24 bits per heavy atom. The van der Waals surface area contributed by atoms with Crippen molar-refractivity contribution < 1.29 is 4.74 Å². The Balaban J connectivity index is 1.87. The van der Waals surface area contributed by atoms with Crippen molar-refractivity contribution in [1.29, 1.82) is 0 Å². The van der Waals surface area contributed by atoms with Crippen LogP contribution in [-0.2, 0) is 11.3 Å². The number of imidazole rings is 1. The monoisotopic (exact) mass is 238 g/mol. The van der Waals surface area contributed by atoms with E-state index in [1.807, 2.05) is 13.1 Å². The molecule has 1 N–H and O–H groups in total. The van der Waals surface area contributed by atoms with Gasteiger partial charge in [-0.05, 0) is 13.3 Å². The van der Waals surface area contributed by atoms with E-state index < -0.39 is 0 Å². The third-order valence-corrected chi connectivity index (χ3v) is 2.99. The summed E-state index contributed by atoms with van der Waals surface area (Å²) in [4.78, 5) is 6.80. The van der Waals surface area contributed by atoms with E-state index in [0.717, 1.165) is 58.3 Å². The lowest BCUT2D eigenvalue weighted by atomic mass is 10.4. The first-order valence-corrected chi connectivity index (χ1v) is 6.46. The van der Waals surface area contributed by atoms with E-state index in [4.69, 9.17) is 4.74 Å². The fourth-order valence-electron chi connectivity index (χ4n) is 2.11. The topological polar surface area (TPSA) is 42.3 Å². The van der Waals surface area contributed by atoms with Gasteiger partial charge in [-0.1, -0.05) is 0 Å². The maximum Gasteiger partial charge on any atom is 0.205 e. The van der Waals surface area contributed by atoms with Gasteiger partial charge in [0.15, 0.2) is 0 Å². The molecule has 1 aliphatic rings. The van der Waals surface area contributed by atoms with Crippen molar-refractivity contribution in [2.75, 3.05) is 44.3 Å². The van der Waals surface area contributed by atoms with Gasteiger partial charge in [0.2, 0.25) is 5.95 Å². The van der Waals surface area contributed by atoms with Gasteiger partial charge in [0, 0.05) is 58.3 Å². The minimum absolute atomic E-state index is 0.800. The van der Waals surface area contributed by atoms with Crippen LogP contribution in [0.1, 0.15) is 13.3 Å². The molecular weight excluding hydrogens is 216 g/mol. The Morgan fingerprint density at radius 3 is 3.00 bits per heavy atom. The summed E-state index contributed by atoms with van der Waals surface area (Å²) in [6, 6.07) is 0. The van der Waals surface area contributed by atoms with E-state index in [9.17, 15) is 0 Å². The van der Waals surface area contributed by atoms with Crippen LogP contribution in [0.5, 0.6) is 0 Å². The second-order valence-corrected chi connectivity index (χ2v) is 4.21. The molecule has 1 aromatic rings. The molecule has 1 saturated heterocycles. The van der Waals surface area contributed by atoms with Crippen LogP contribution in [0.4, 0.5) is 5.95 Å². The summed E-state index contributed by atoms with van der Waals surface area (Å²) in [6.07, 6.45) is 4.99. The quantitative estimate of drug-likeness (QED) is 0.742. The summed E-state index contributed by atoms with van der Waals surface area (Å²) in [5.74, 6) is 1.10. The maximum atomic E-state index is 5.36. The molecule has 1 fully saturated rings. The van der Waals surface area contributed by atoms with Gasteiger partial charge in [-0.3, -0.25) is 0 Å². The highest BCUT2D eigenvalue weighted by Gasteiger charge is 2.14. The highest BCUT2D eigenvalue weighted by molar-refractivity contribution is 5.32. The summed E-state index contributed by atoms with van der Waals surface area (Å²) in [5, 5.41) is 3.36. The standard InChI is InChI=1S/C12H22N4O/c1-2-17-11-3-7-15-10-6-14-12(15)16-8-4-13-5-9-16/h6,10,13H,2-5,7-9,11H2,1H3. The van der Waals surface area contributed by atoms with Crippen molar-refractivity contribution in [2.45, 2.75) is 19.9 Å². The third-order valence-electron chi connectivity index (χ3n) is 2.99. The molecule has 17 heavy (non-hydrogen) atoms. The zero-order valence-electron chi connectivity index (χ0n) is 10.6. The highest BCUT2D eigenvalue weighted by Crippen LogP contribution is 2.12. The maximum absolute atomic E-state index is 5.36. The molecule has 0 radical (unpaired) electrons. The number of nitrogens with one attached hydrogen (secondary N) is 1. The van der Waals surface area contributed by atoms with Crippen LogP contribution in [0.25, 0.3) is 0 Å². The average molecular weight is 238 g/mol. The molecule has 0 bridgehead atoms. The molecule has 5 nitrogen and oxygen atoms in total. The molecule has 2 rings (SSSR count). The van der Waals surface area contributed by atoms with E-state index in [1.54, 1.807) is 0 Å². The predicted octanol–water partition coefficient (Wildman–Crippen LogP) is 0.719. The Morgan fingerprint density at radius 1 is 1.41 bits per heavy atom. The molecule has 0 aromatic carbocycles. The van der Waals surface area contributed by atoms with E-state index in [1.165, 1.54) is 0 Å². The number of nitrogens with zero attached hydrogens (tertiary/aromatic N) is 3. The number of aromatic nitrogens is 2. The molecule has 5 heteroatoms. The molecule has 0 amide bonds. The third kappa shape index (κ3) is 3.44. The van der Waals surface area contributed by atoms with E-state index >= 15 is 0 Å². The Kier molecular flexibility index (Phi) is 4.82. The number of rotatable bonds is 6. The summed E-state index contributed by atoms with van der Waals surface area (Å²) in [7, 11) is 0. The zero-order chi connectivity index (χ0) is 11.9. The fourth-order valence-corrected chi connectivity index (χ4v) is 2.11. The van der Waals surface area contributed by atoms with Gasteiger partial charge >= 0.3 is 0 Å². The van der Waals surface area contributed by atoms with Gasteiger partial charge in [-0.2, -0.15) is 0 Å². The lowest BCUT2D eigenvalue weighted by Gasteiger charge is -2.28. The molecule has 0 saturated carbocycles. The predicted molar refractivity (Wildman–Crippen MR) is 68.4 cm³/mol. The lowest BCUT2D eigenvalue weighted by Crippen LogP contribution is -2.44. The van der Waals surface area contributed by atoms with Gasteiger partial charge in [0.1, 0.15) is 0 Å². The van der Waals surface area contributed by atoms with Crippen LogP contribution in [0.15, 0.2) is 12.4 Å². The van der Waals surface area contributed by atoms with Crippen molar-refractivity contribution in [3.63, 3.8) is 0 Å². The van der Waals surface area contributed by atoms with Crippen molar-refractivity contribution in [2.24, 2.45) is 0 Å². The molecule has 96 valence electrons. The lowest BCUT2D eigenvalue weighted by molar-refractivity contribution is 0.141. The van der Waals surface area contributed by atoms with Gasteiger partial charge in [-0.25, -0.2) is 4.98 Å². The molecule has 0 atom stereocenters. The summed E-state index contributed by atoms with van der Waals surface area (Å²) in [5.41, 5.74) is 0. The number of anilines is 1. The zero-order valence-corrected chi connectivity index (χ0v) is 10.6. The van der Waals surface area contributed by atoms with Crippen LogP contribution in [0, 0.1) is 0 Å². The Labute approximate surface area is 103 Å². The number of hydrogen-bond donors (Lipinski definition) is 1. The first kappa shape index (κ1) is 12.4. The number of hydrogen-bond acceptors (Lipinski definition) is 4. The van der Waals surface area contributed by atoms with E-state index in [-0.39, 0.29) is 0 Å². The fraction of sp³-hybridized carbons (Fsp3) is 0.750. The summed E-state index contributed by atoms with van der Waals surface area (Å²) < 4.78 is 7.59. The Bertz CT molecular complexity index is 320. The normalized spacial score (nSPS) is 16.4. The molecule has 0 spiro atoms. The van der Waals surface area contributed by atoms with Crippen molar-refractivity contribution in [1.82, 2.24) is 14.9 Å². The van der Waals surface area contributed by atoms with Crippen LogP contribution in [0.3, 0.4) is 0 Å². The van der Waals surface area contributed by atoms with Crippen LogP contribution >= 0.6 is 0 Å². The molecule has 0 unspecified atom stereocenters. The minimum atomic E-state index is 0.800. The number of ether oxygens (including phenoxy) is 1. The highest BCUT2D eigenvalue weighted by atomic mass is 16.5. The molecule has 1 aromatic heterocycles. The molecular formula is C12H22N4O. The SMILES string of the molecule is CCOCCCn1ccnc1N1CCNCC1. The number of piperazine rings is 1. The first-order chi connectivity index (χ1) is 8.42. The van der Waals surface area contributed by atoms with Crippen LogP contribution in [0.2, 0.25) is 0 Å². The molecule has 1 aliphatic heterocycles. The number of aryl methyl sites for hydroxylation is 1. The second-order valence-electron chi connectivity index (χ2n) is 4.21. The molecule has 0 aliphatic carbocycles. The van der Waals surface area contributed by atoms with Crippen molar-refractivity contribution >= 4 is 5.95 Å². The van der Waals surface area contributed by atoms with E-state index in [0.29, 0.717) is 0 Å². The summed E-state index contributed by atoms with van der Waals surface area (Å²) in [6.45, 7) is 8.83. The van der Waals surface area contributed by atoms with Crippen molar-refractivity contribution in [3.8, 4) is 0 Å². The minimum Gasteiger partial charge on any atom is -0.382 e. The van der Waals surface area contributed by atoms with Crippen LogP contribution in [-0.4, -0.2) is 48.9 Å². The van der Waals surface area contributed by atoms with Gasteiger partial charge in [0.05, 0.1) is 0 Å². The van der Waals surface area contributed by atoms with Crippen LogP contribution < -0.4 is 10.2 Å². The van der Waals surface area contributed by atoms with Gasteiger partial charge in [0.25, 0.3) is 0 Å². The molecule has 2 heterocycles. The first-order valence-electron chi connectivity index (χ1n) is 6.46. The average Bonchev–Trinajstić information content (AvgIpc) is 2.84. The van der Waals surface area contributed by atoms with Gasteiger partial charge in [-0.15, -0.1) is 0 Å². The second kappa shape index (κ2) is 6.61. The smallest absolute Gasteiger partial charge is 0.205 e. The Hall–Kier alpha value is -1.07. The van der Waals surface area contributed by atoms with E-state index in [2.05, 4.69) is 26.0 Å².